The van der Waals surface area contributed by atoms with Crippen LogP contribution in [0.2, 0.25) is 18.1 Å². The Hall–Kier alpha value is -0.883. The van der Waals surface area contributed by atoms with Crippen molar-refractivity contribution >= 4 is 20.3 Å². The van der Waals surface area contributed by atoms with E-state index in [4.69, 9.17) is 9.16 Å². The van der Waals surface area contributed by atoms with Gasteiger partial charge in [0.05, 0.1) is 12.3 Å². The van der Waals surface area contributed by atoms with Crippen molar-refractivity contribution in [2.75, 3.05) is 0 Å². The number of ether oxygens (including phenoxy) is 1. The molecular weight excluding hydrogens is 324 g/mol. The van der Waals surface area contributed by atoms with Crippen LogP contribution in [0.3, 0.4) is 0 Å². The second-order valence-corrected chi connectivity index (χ2v) is 14.2. The third kappa shape index (κ3) is 5.88. The van der Waals surface area contributed by atoms with E-state index in [0.717, 1.165) is 0 Å². The van der Waals surface area contributed by atoms with Gasteiger partial charge in [0.25, 0.3) is 0 Å². The highest BCUT2D eigenvalue weighted by molar-refractivity contribution is 6.74. The second kappa shape index (κ2) is 7.16. The topological polar surface area (TPSA) is 72.8 Å². The van der Waals surface area contributed by atoms with Crippen molar-refractivity contribution in [1.82, 2.24) is 0 Å². The van der Waals surface area contributed by atoms with E-state index in [-0.39, 0.29) is 29.5 Å². The van der Waals surface area contributed by atoms with E-state index in [2.05, 4.69) is 33.9 Å². The van der Waals surface area contributed by atoms with E-state index in [1.165, 1.54) is 0 Å². The van der Waals surface area contributed by atoms with Crippen LogP contribution in [0.1, 0.15) is 60.8 Å². The highest BCUT2D eigenvalue weighted by Crippen LogP contribution is 2.43. The molecule has 1 N–H and O–H groups in total. The first kappa shape index (κ1) is 21.2. The number of aliphatic carboxylic acids is 1. The second-order valence-electron chi connectivity index (χ2n) is 9.47. The Morgan fingerprint density at radius 2 is 1.62 bits per heavy atom. The number of esters is 1. The number of rotatable bonds is 5. The van der Waals surface area contributed by atoms with Gasteiger partial charge in [-0.2, -0.15) is 0 Å². The monoisotopic (exact) mass is 358 g/mol. The van der Waals surface area contributed by atoms with Gasteiger partial charge in [-0.25, -0.2) is 0 Å². The van der Waals surface area contributed by atoms with Crippen LogP contribution in [0.4, 0.5) is 0 Å². The molecule has 0 amide bonds. The Kier molecular flexibility index (Phi) is 6.31. The van der Waals surface area contributed by atoms with Gasteiger partial charge in [0, 0.05) is 6.10 Å². The summed E-state index contributed by atoms with van der Waals surface area (Å²) in [6.45, 7) is 16.3. The van der Waals surface area contributed by atoms with Crippen LogP contribution in [-0.4, -0.2) is 37.1 Å². The van der Waals surface area contributed by atoms with Crippen molar-refractivity contribution in [2.24, 2.45) is 11.8 Å². The summed E-state index contributed by atoms with van der Waals surface area (Å²) in [4.78, 5) is 23.6. The predicted octanol–water partition coefficient (Wildman–Crippen LogP) is 4.22. The third-order valence-corrected chi connectivity index (χ3v) is 9.58. The van der Waals surface area contributed by atoms with Gasteiger partial charge in [-0.3, -0.25) is 9.59 Å². The summed E-state index contributed by atoms with van der Waals surface area (Å²) >= 11 is 0. The molecule has 3 unspecified atom stereocenters. The minimum Gasteiger partial charge on any atom is -0.481 e. The van der Waals surface area contributed by atoms with Crippen LogP contribution in [0.5, 0.6) is 0 Å². The molecular formula is C18H34O5Si. The number of carbonyl (C=O) groups excluding carboxylic acids is 1. The molecule has 0 heterocycles. The highest BCUT2D eigenvalue weighted by Gasteiger charge is 2.46. The number of hydrogen-bond acceptors (Lipinski definition) is 4. The zero-order chi connectivity index (χ0) is 18.9. The molecule has 0 spiro atoms. The first-order valence-electron chi connectivity index (χ1n) is 8.75. The lowest BCUT2D eigenvalue weighted by Gasteiger charge is -2.39. The molecule has 0 aromatic heterocycles. The lowest BCUT2D eigenvalue weighted by atomic mass is 10.0. The molecule has 1 fully saturated rings. The molecule has 3 atom stereocenters. The average molecular weight is 359 g/mol. The molecule has 24 heavy (non-hydrogen) atoms. The smallest absolute Gasteiger partial charge is 0.306 e. The van der Waals surface area contributed by atoms with Crippen LogP contribution in [0, 0.1) is 11.8 Å². The largest absolute Gasteiger partial charge is 0.481 e. The van der Waals surface area contributed by atoms with Gasteiger partial charge in [-0.05, 0) is 57.7 Å². The number of hydrogen-bond donors (Lipinski definition) is 1. The normalized spacial score (nSPS) is 25.6. The van der Waals surface area contributed by atoms with Gasteiger partial charge in [0.1, 0.15) is 5.60 Å². The maximum Gasteiger partial charge on any atom is 0.306 e. The van der Waals surface area contributed by atoms with Gasteiger partial charge in [-0.1, -0.05) is 20.8 Å². The van der Waals surface area contributed by atoms with Crippen LogP contribution in [0.25, 0.3) is 0 Å². The highest BCUT2D eigenvalue weighted by atomic mass is 28.4. The molecule has 140 valence electrons. The first-order valence-corrected chi connectivity index (χ1v) is 11.7. The summed E-state index contributed by atoms with van der Waals surface area (Å²) in [5.41, 5.74) is -0.530. The van der Waals surface area contributed by atoms with Crippen molar-refractivity contribution in [3.63, 3.8) is 0 Å². The van der Waals surface area contributed by atoms with E-state index < -0.39 is 25.8 Å². The molecule has 0 bridgehead atoms. The summed E-state index contributed by atoms with van der Waals surface area (Å²) in [5.74, 6) is -1.60. The molecule has 1 aliphatic rings. The predicted molar refractivity (Wildman–Crippen MR) is 96.4 cm³/mol. The van der Waals surface area contributed by atoms with E-state index in [1.807, 2.05) is 20.8 Å². The SMILES string of the molecule is CC(C)(C)OC(=O)CC1CC(C(=O)O)CC1O[Si](C)(C)C(C)(C)C. The molecule has 1 rings (SSSR count). The van der Waals surface area contributed by atoms with Crippen molar-refractivity contribution < 1.29 is 23.9 Å². The quantitative estimate of drug-likeness (QED) is 0.588. The first-order chi connectivity index (χ1) is 10.6. The summed E-state index contributed by atoms with van der Waals surface area (Å²) in [5, 5.41) is 9.41. The molecule has 0 aromatic rings. The molecule has 0 aromatic carbocycles. The zero-order valence-electron chi connectivity index (χ0n) is 16.4. The molecule has 0 aliphatic heterocycles. The van der Waals surface area contributed by atoms with Crippen molar-refractivity contribution in [1.29, 1.82) is 0 Å². The molecule has 0 saturated heterocycles. The minimum atomic E-state index is -2.02. The van der Waals surface area contributed by atoms with Gasteiger partial charge < -0.3 is 14.3 Å². The molecule has 1 saturated carbocycles. The molecule has 6 heteroatoms. The Balaban J connectivity index is 2.86. The van der Waals surface area contributed by atoms with Crippen LogP contribution < -0.4 is 0 Å². The standard InChI is InChI=1S/C18H34O5Si/c1-17(2,3)22-15(19)11-12-9-13(16(20)21)10-14(12)23-24(7,8)18(4,5)6/h12-14H,9-11H2,1-8H3,(H,20,21). The fourth-order valence-corrected chi connectivity index (χ4v) is 4.20. The zero-order valence-corrected chi connectivity index (χ0v) is 17.4. The molecule has 0 radical (unpaired) electrons. The molecule has 5 nitrogen and oxygen atoms in total. The maximum atomic E-state index is 12.2. The fourth-order valence-electron chi connectivity index (χ4n) is 2.80. The lowest BCUT2D eigenvalue weighted by Crippen LogP contribution is -2.45. The number of carbonyl (C=O) groups is 2. The molecule has 1 aliphatic carbocycles. The van der Waals surface area contributed by atoms with Crippen molar-refractivity contribution in [3.8, 4) is 0 Å². The third-order valence-electron chi connectivity index (χ3n) is 5.08. The Morgan fingerprint density at radius 1 is 1.08 bits per heavy atom. The van der Waals surface area contributed by atoms with Gasteiger partial charge >= 0.3 is 11.9 Å². The van der Waals surface area contributed by atoms with Gasteiger partial charge in [-0.15, -0.1) is 0 Å². The Morgan fingerprint density at radius 3 is 2.04 bits per heavy atom. The van der Waals surface area contributed by atoms with E-state index in [1.54, 1.807) is 0 Å². The van der Waals surface area contributed by atoms with Gasteiger partial charge in [0.2, 0.25) is 0 Å². The number of carboxylic acid groups (broad SMARTS) is 1. The Labute approximate surface area is 147 Å². The van der Waals surface area contributed by atoms with E-state index >= 15 is 0 Å². The van der Waals surface area contributed by atoms with Crippen molar-refractivity contribution in [2.45, 2.75) is 90.6 Å². The van der Waals surface area contributed by atoms with Gasteiger partial charge in [0.15, 0.2) is 8.32 Å². The maximum absolute atomic E-state index is 12.2. The summed E-state index contributed by atoms with van der Waals surface area (Å²) in [6.07, 6.45) is 1.00. The fraction of sp³-hybridized carbons (Fsp3) is 0.889. The van der Waals surface area contributed by atoms with Crippen LogP contribution in [0.15, 0.2) is 0 Å². The summed E-state index contributed by atoms with van der Waals surface area (Å²) in [7, 11) is -2.02. The van der Waals surface area contributed by atoms with Crippen molar-refractivity contribution in [3.05, 3.63) is 0 Å². The van der Waals surface area contributed by atoms with Crippen LogP contribution in [-0.2, 0) is 18.8 Å². The lowest BCUT2D eigenvalue weighted by molar-refractivity contribution is -0.156. The summed E-state index contributed by atoms with van der Waals surface area (Å²) < 4.78 is 11.9. The van der Waals surface area contributed by atoms with Crippen LogP contribution >= 0.6 is 0 Å². The Bertz CT molecular complexity index is 473. The van der Waals surface area contributed by atoms with E-state index in [9.17, 15) is 14.7 Å². The van der Waals surface area contributed by atoms with E-state index in [0.29, 0.717) is 12.8 Å². The minimum absolute atomic E-state index is 0.0464. The average Bonchev–Trinajstić information content (AvgIpc) is 2.67. The number of carboxylic acids is 1. The summed E-state index contributed by atoms with van der Waals surface area (Å²) in [6, 6.07) is 0.